The molecule has 1 N–H and O–H groups in total. The Morgan fingerprint density at radius 2 is 1.75 bits per heavy atom. The molecule has 3 aromatic rings. The molecule has 2 aromatic carbocycles. The molecule has 0 aliphatic carbocycles. The van der Waals surface area contributed by atoms with Gasteiger partial charge in [0.25, 0.3) is 5.91 Å². The second kappa shape index (κ2) is 9.13. The van der Waals surface area contributed by atoms with Crippen LogP contribution in [0.2, 0.25) is 0 Å². The van der Waals surface area contributed by atoms with Crippen LogP contribution in [0.4, 0.5) is 11.4 Å². The molecule has 1 aliphatic heterocycles. The number of amides is 1. The molecular formula is C23H26N4O4S. The average Bonchev–Trinajstić information content (AvgIpc) is 3.31. The number of nitrogens with one attached hydrogen (secondary N) is 1. The molecule has 1 fully saturated rings. The molecule has 0 radical (unpaired) electrons. The van der Waals surface area contributed by atoms with E-state index < -0.39 is 15.9 Å². The van der Waals surface area contributed by atoms with Crippen molar-refractivity contribution in [3.63, 3.8) is 0 Å². The fraction of sp³-hybridized carbons (Fsp3) is 0.304. The van der Waals surface area contributed by atoms with Crippen molar-refractivity contribution in [1.82, 2.24) is 9.46 Å². The molecule has 1 amide bonds. The highest BCUT2D eigenvalue weighted by molar-refractivity contribution is 7.89. The molecule has 9 heteroatoms. The molecule has 0 bridgehead atoms. The van der Waals surface area contributed by atoms with Gasteiger partial charge in [-0.05, 0) is 31.0 Å². The molecule has 1 aromatic heterocycles. The summed E-state index contributed by atoms with van der Waals surface area (Å²) in [5.74, 6) is -0.00318. The largest absolute Gasteiger partial charge is 0.376 e. The fourth-order valence-corrected chi connectivity index (χ4v) is 5.27. The molecule has 2 heterocycles. The van der Waals surface area contributed by atoms with Gasteiger partial charge >= 0.3 is 0 Å². The van der Waals surface area contributed by atoms with Gasteiger partial charge in [-0.2, -0.15) is 4.31 Å². The number of carbonyl (C=O) groups is 1. The van der Waals surface area contributed by atoms with Crippen molar-refractivity contribution in [1.29, 1.82) is 0 Å². The lowest BCUT2D eigenvalue weighted by molar-refractivity contribution is 0.101. The van der Waals surface area contributed by atoms with Gasteiger partial charge in [0.1, 0.15) is 0 Å². The first-order valence-corrected chi connectivity index (χ1v) is 12.0. The first kappa shape index (κ1) is 22.0. The van der Waals surface area contributed by atoms with E-state index in [2.05, 4.69) is 10.5 Å². The summed E-state index contributed by atoms with van der Waals surface area (Å²) >= 11 is 0. The van der Waals surface area contributed by atoms with Crippen LogP contribution in [0.5, 0.6) is 0 Å². The molecule has 0 saturated carbocycles. The van der Waals surface area contributed by atoms with Crippen molar-refractivity contribution in [3.05, 3.63) is 60.3 Å². The first-order valence-electron chi connectivity index (χ1n) is 10.5. The molecule has 32 heavy (non-hydrogen) atoms. The van der Waals surface area contributed by atoms with Crippen molar-refractivity contribution in [2.75, 3.05) is 37.4 Å². The maximum Gasteiger partial charge on any atom is 0.277 e. The summed E-state index contributed by atoms with van der Waals surface area (Å²) in [6, 6.07) is 15.7. The van der Waals surface area contributed by atoms with Crippen molar-refractivity contribution < 1.29 is 17.7 Å². The lowest BCUT2D eigenvalue weighted by Crippen LogP contribution is -2.35. The normalized spacial score (nSPS) is 14.8. The second-order valence-corrected chi connectivity index (χ2v) is 9.87. The third-order valence-corrected chi connectivity index (χ3v) is 7.35. The monoisotopic (exact) mass is 454 g/mol. The SMILES string of the molecule is CN(C)c1ccc(S(=O)(=O)N2CCCCC2)cc1NC(=O)c1cc(-c2ccccc2)on1. The number of rotatable bonds is 6. The highest BCUT2D eigenvalue weighted by atomic mass is 32.2. The lowest BCUT2D eigenvalue weighted by Gasteiger charge is -2.26. The van der Waals surface area contributed by atoms with Crippen LogP contribution in [0.25, 0.3) is 11.3 Å². The fourth-order valence-electron chi connectivity index (χ4n) is 3.73. The van der Waals surface area contributed by atoms with Crippen LogP contribution in [0.15, 0.2) is 64.0 Å². The summed E-state index contributed by atoms with van der Waals surface area (Å²) in [5.41, 5.74) is 1.99. The van der Waals surface area contributed by atoms with Crippen LogP contribution >= 0.6 is 0 Å². The molecule has 168 valence electrons. The number of anilines is 2. The zero-order chi connectivity index (χ0) is 22.7. The van der Waals surface area contributed by atoms with Crippen molar-refractivity contribution >= 4 is 27.3 Å². The van der Waals surface area contributed by atoms with Gasteiger partial charge in [-0.25, -0.2) is 8.42 Å². The van der Waals surface area contributed by atoms with Crippen LogP contribution in [0.1, 0.15) is 29.8 Å². The summed E-state index contributed by atoms with van der Waals surface area (Å²) in [6.07, 6.45) is 2.75. The third-order valence-electron chi connectivity index (χ3n) is 5.45. The standard InChI is InChI=1S/C23H26N4O4S/c1-26(2)21-12-11-18(32(29,30)27-13-7-4-8-14-27)15-19(21)24-23(28)20-16-22(31-25-20)17-9-5-3-6-10-17/h3,5-6,9-12,15-16H,4,7-8,13-14H2,1-2H3,(H,24,28). The van der Waals surface area contributed by atoms with Gasteiger partial charge in [-0.1, -0.05) is 41.9 Å². The maximum absolute atomic E-state index is 13.1. The Kier molecular flexibility index (Phi) is 6.29. The first-order chi connectivity index (χ1) is 15.4. The van der Waals surface area contributed by atoms with Crippen LogP contribution in [-0.2, 0) is 10.0 Å². The van der Waals surface area contributed by atoms with Gasteiger partial charge < -0.3 is 14.7 Å². The van der Waals surface area contributed by atoms with E-state index in [0.717, 1.165) is 24.8 Å². The van der Waals surface area contributed by atoms with Gasteiger partial charge in [0, 0.05) is 38.8 Å². The van der Waals surface area contributed by atoms with Gasteiger partial charge in [0.05, 0.1) is 16.3 Å². The van der Waals surface area contributed by atoms with Crippen molar-refractivity contribution in [2.45, 2.75) is 24.2 Å². The van der Waals surface area contributed by atoms with Crippen LogP contribution in [-0.4, -0.2) is 51.0 Å². The Morgan fingerprint density at radius 3 is 2.44 bits per heavy atom. The van der Waals surface area contributed by atoms with Gasteiger partial charge in [0.15, 0.2) is 11.5 Å². The Morgan fingerprint density at radius 1 is 1.03 bits per heavy atom. The summed E-state index contributed by atoms with van der Waals surface area (Å²) in [4.78, 5) is 14.9. The minimum absolute atomic E-state index is 0.109. The predicted octanol–water partition coefficient (Wildman–Crippen LogP) is 3.83. The van der Waals surface area contributed by atoms with Gasteiger partial charge in [0.2, 0.25) is 10.0 Å². The molecule has 1 aliphatic rings. The van der Waals surface area contributed by atoms with Crippen molar-refractivity contribution in [2.24, 2.45) is 0 Å². The topological polar surface area (TPSA) is 95.8 Å². The van der Waals surface area contributed by atoms with E-state index in [-0.39, 0.29) is 10.6 Å². The Hall–Kier alpha value is -3.17. The molecule has 0 unspecified atom stereocenters. The number of hydrogen-bond donors (Lipinski definition) is 1. The molecule has 8 nitrogen and oxygen atoms in total. The minimum Gasteiger partial charge on any atom is -0.376 e. The maximum atomic E-state index is 13.1. The Balaban J connectivity index is 1.61. The second-order valence-electron chi connectivity index (χ2n) is 7.93. The van der Waals surface area contributed by atoms with E-state index in [1.807, 2.05) is 49.3 Å². The summed E-state index contributed by atoms with van der Waals surface area (Å²) < 4.78 is 33.0. The van der Waals surface area contributed by atoms with Crippen LogP contribution in [0.3, 0.4) is 0 Å². The molecule has 4 rings (SSSR count). The summed E-state index contributed by atoms with van der Waals surface area (Å²) in [6.45, 7) is 1.03. The molecule has 0 atom stereocenters. The quantitative estimate of drug-likeness (QED) is 0.608. The number of carbonyl (C=O) groups excluding carboxylic acids is 1. The summed E-state index contributed by atoms with van der Waals surface area (Å²) in [7, 11) is 0.0236. The Labute approximate surface area is 187 Å². The average molecular weight is 455 g/mol. The highest BCUT2D eigenvalue weighted by Gasteiger charge is 2.27. The van der Waals surface area contributed by atoms with E-state index in [1.165, 1.54) is 10.4 Å². The number of nitrogens with zero attached hydrogens (tertiary/aromatic N) is 3. The van der Waals surface area contributed by atoms with E-state index in [9.17, 15) is 13.2 Å². The Bertz CT molecular complexity index is 1200. The van der Waals surface area contributed by atoms with E-state index in [4.69, 9.17) is 4.52 Å². The van der Waals surface area contributed by atoms with Gasteiger partial charge in [-0.15, -0.1) is 0 Å². The molecular weight excluding hydrogens is 428 g/mol. The van der Waals surface area contributed by atoms with Gasteiger partial charge in [-0.3, -0.25) is 4.79 Å². The number of aromatic nitrogens is 1. The number of sulfonamides is 1. The summed E-state index contributed by atoms with van der Waals surface area (Å²) in [5, 5.41) is 6.68. The van der Waals surface area contributed by atoms with Crippen LogP contribution < -0.4 is 10.2 Å². The lowest BCUT2D eigenvalue weighted by atomic mass is 10.1. The van der Waals surface area contributed by atoms with E-state index in [1.54, 1.807) is 18.2 Å². The third kappa shape index (κ3) is 4.53. The smallest absolute Gasteiger partial charge is 0.277 e. The number of piperidine rings is 1. The minimum atomic E-state index is -3.63. The predicted molar refractivity (Wildman–Crippen MR) is 123 cm³/mol. The molecule has 0 spiro atoms. The van der Waals surface area contributed by atoms with E-state index in [0.29, 0.717) is 30.2 Å². The molecule has 1 saturated heterocycles. The number of benzene rings is 2. The van der Waals surface area contributed by atoms with Crippen LogP contribution in [0, 0.1) is 0 Å². The zero-order valence-electron chi connectivity index (χ0n) is 18.1. The number of hydrogen-bond acceptors (Lipinski definition) is 6. The van der Waals surface area contributed by atoms with E-state index >= 15 is 0 Å². The van der Waals surface area contributed by atoms with Crippen molar-refractivity contribution in [3.8, 4) is 11.3 Å². The highest BCUT2D eigenvalue weighted by Crippen LogP contribution is 2.30. The zero-order valence-corrected chi connectivity index (χ0v) is 18.9.